The van der Waals surface area contributed by atoms with Crippen LogP contribution in [0.3, 0.4) is 0 Å². The monoisotopic (exact) mass is 285 g/mol. The third kappa shape index (κ3) is 4.76. The second kappa shape index (κ2) is 8.27. The highest BCUT2D eigenvalue weighted by molar-refractivity contribution is 6.01. The normalized spacial score (nSPS) is 10.5. The molecule has 2 rings (SSSR count). The molecule has 0 saturated heterocycles. The Morgan fingerprint density at radius 3 is 2.57 bits per heavy atom. The molecule has 0 saturated carbocycles. The number of fused-ring (bicyclic) bond motifs is 1. The largest absolute Gasteiger partial charge is 0.338 e. The molecule has 0 fully saturated rings. The summed E-state index contributed by atoms with van der Waals surface area (Å²) in [5.41, 5.74) is 6.28. The van der Waals surface area contributed by atoms with E-state index in [0.717, 1.165) is 48.7 Å². The standard InChI is InChI=1S/C17H23N3O/c18-12-5-1-2-6-13-19-17(21)20-16-11-7-9-14-8-3-4-10-15(14)16/h3-4,7-11H,1-2,5-6,12-13,18H2,(H2,19,20,21). The topological polar surface area (TPSA) is 67.1 Å². The van der Waals surface area contributed by atoms with E-state index in [1.165, 1.54) is 0 Å². The van der Waals surface area contributed by atoms with Gasteiger partial charge in [-0.3, -0.25) is 0 Å². The Morgan fingerprint density at radius 2 is 1.71 bits per heavy atom. The number of carbonyl (C=O) groups excluding carboxylic acids is 1. The summed E-state index contributed by atoms with van der Waals surface area (Å²) in [7, 11) is 0. The lowest BCUT2D eigenvalue weighted by Crippen LogP contribution is -2.29. The Labute approximate surface area is 125 Å². The molecule has 2 amide bonds. The van der Waals surface area contributed by atoms with Crippen molar-refractivity contribution in [3.05, 3.63) is 42.5 Å². The van der Waals surface area contributed by atoms with E-state index < -0.39 is 0 Å². The van der Waals surface area contributed by atoms with Gasteiger partial charge in [0, 0.05) is 11.9 Å². The second-order valence-corrected chi connectivity index (χ2v) is 5.11. The Kier molecular flexibility index (Phi) is 6.03. The number of nitrogens with one attached hydrogen (secondary N) is 2. The van der Waals surface area contributed by atoms with Gasteiger partial charge in [-0.1, -0.05) is 49.2 Å². The molecule has 0 aromatic heterocycles. The highest BCUT2D eigenvalue weighted by Crippen LogP contribution is 2.22. The van der Waals surface area contributed by atoms with E-state index in [-0.39, 0.29) is 6.03 Å². The van der Waals surface area contributed by atoms with E-state index in [9.17, 15) is 4.79 Å². The predicted molar refractivity (Wildman–Crippen MR) is 88.5 cm³/mol. The van der Waals surface area contributed by atoms with Crippen LogP contribution in [0, 0.1) is 0 Å². The first-order valence-corrected chi connectivity index (χ1v) is 7.54. The Balaban J connectivity index is 1.82. The van der Waals surface area contributed by atoms with Crippen molar-refractivity contribution >= 4 is 22.5 Å². The van der Waals surface area contributed by atoms with Crippen LogP contribution < -0.4 is 16.4 Å². The fourth-order valence-electron chi connectivity index (χ4n) is 2.33. The zero-order valence-corrected chi connectivity index (χ0v) is 12.3. The summed E-state index contributed by atoms with van der Waals surface area (Å²) in [6.07, 6.45) is 4.28. The number of hydrogen-bond donors (Lipinski definition) is 3. The van der Waals surface area contributed by atoms with E-state index in [2.05, 4.69) is 10.6 Å². The summed E-state index contributed by atoms with van der Waals surface area (Å²) < 4.78 is 0. The summed E-state index contributed by atoms with van der Waals surface area (Å²) in [5.74, 6) is 0. The van der Waals surface area contributed by atoms with Crippen LogP contribution in [-0.2, 0) is 0 Å². The average molecular weight is 285 g/mol. The number of urea groups is 1. The van der Waals surface area contributed by atoms with Crippen molar-refractivity contribution < 1.29 is 4.79 Å². The Morgan fingerprint density at radius 1 is 0.952 bits per heavy atom. The summed E-state index contributed by atoms with van der Waals surface area (Å²) in [6, 6.07) is 13.8. The van der Waals surface area contributed by atoms with Gasteiger partial charge in [0.05, 0.1) is 5.69 Å². The van der Waals surface area contributed by atoms with Crippen LogP contribution in [0.1, 0.15) is 25.7 Å². The molecule has 0 radical (unpaired) electrons. The first-order chi connectivity index (χ1) is 10.3. The van der Waals surface area contributed by atoms with Gasteiger partial charge in [0.1, 0.15) is 0 Å². The maximum absolute atomic E-state index is 11.9. The van der Waals surface area contributed by atoms with Gasteiger partial charge in [-0.2, -0.15) is 0 Å². The van der Waals surface area contributed by atoms with Gasteiger partial charge >= 0.3 is 6.03 Å². The van der Waals surface area contributed by atoms with Gasteiger partial charge in [-0.05, 0) is 30.8 Å². The summed E-state index contributed by atoms with van der Waals surface area (Å²) in [6.45, 7) is 1.44. The van der Waals surface area contributed by atoms with Gasteiger partial charge in [-0.15, -0.1) is 0 Å². The number of hydrogen-bond acceptors (Lipinski definition) is 2. The molecule has 2 aromatic rings. The summed E-state index contributed by atoms with van der Waals surface area (Å²) in [4.78, 5) is 11.9. The molecule has 21 heavy (non-hydrogen) atoms. The van der Waals surface area contributed by atoms with Crippen molar-refractivity contribution in [2.45, 2.75) is 25.7 Å². The summed E-state index contributed by atoms with van der Waals surface area (Å²) in [5, 5.41) is 7.98. The molecule has 0 atom stereocenters. The minimum Gasteiger partial charge on any atom is -0.338 e. The van der Waals surface area contributed by atoms with Crippen molar-refractivity contribution in [1.82, 2.24) is 5.32 Å². The van der Waals surface area contributed by atoms with E-state index in [1.54, 1.807) is 0 Å². The first kappa shape index (κ1) is 15.3. The lowest BCUT2D eigenvalue weighted by Gasteiger charge is -2.10. The number of rotatable bonds is 7. The van der Waals surface area contributed by atoms with Crippen LogP contribution in [0.25, 0.3) is 10.8 Å². The van der Waals surface area contributed by atoms with Crippen LogP contribution in [0.2, 0.25) is 0 Å². The molecule has 0 aliphatic heterocycles. The molecule has 0 heterocycles. The number of nitrogens with two attached hydrogens (primary N) is 1. The van der Waals surface area contributed by atoms with E-state index in [1.807, 2.05) is 42.5 Å². The Hall–Kier alpha value is -2.07. The van der Waals surface area contributed by atoms with Crippen LogP contribution in [-0.4, -0.2) is 19.1 Å². The molecule has 0 unspecified atom stereocenters. The predicted octanol–water partition coefficient (Wildman–Crippen LogP) is 3.48. The smallest absolute Gasteiger partial charge is 0.319 e. The molecular weight excluding hydrogens is 262 g/mol. The number of carbonyl (C=O) groups is 1. The number of amides is 2. The zero-order valence-electron chi connectivity index (χ0n) is 12.3. The van der Waals surface area contributed by atoms with Gasteiger partial charge in [-0.25, -0.2) is 4.79 Å². The molecule has 4 heteroatoms. The highest BCUT2D eigenvalue weighted by Gasteiger charge is 2.04. The van der Waals surface area contributed by atoms with Crippen molar-refractivity contribution in [3.8, 4) is 0 Å². The molecule has 112 valence electrons. The highest BCUT2D eigenvalue weighted by atomic mass is 16.2. The third-order valence-electron chi connectivity index (χ3n) is 3.45. The van der Waals surface area contributed by atoms with Gasteiger partial charge in [0.25, 0.3) is 0 Å². The molecule has 0 aliphatic carbocycles. The third-order valence-corrected chi connectivity index (χ3v) is 3.45. The minimum atomic E-state index is -0.148. The molecular formula is C17H23N3O. The second-order valence-electron chi connectivity index (χ2n) is 5.11. The molecule has 0 spiro atoms. The van der Waals surface area contributed by atoms with Gasteiger partial charge in [0.15, 0.2) is 0 Å². The van der Waals surface area contributed by atoms with Crippen molar-refractivity contribution in [3.63, 3.8) is 0 Å². The van der Waals surface area contributed by atoms with E-state index in [4.69, 9.17) is 5.73 Å². The van der Waals surface area contributed by atoms with Crippen molar-refractivity contribution in [1.29, 1.82) is 0 Å². The number of anilines is 1. The van der Waals surface area contributed by atoms with Gasteiger partial charge < -0.3 is 16.4 Å². The molecule has 0 aliphatic rings. The van der Waals surface area contributed by atoms with Crippen LogP contribution in [0.5, 0.6) is 0 Å². The lowest BCUT2D eigenvalue weighted by atomic mass is 10.1. The molecule has 2 aromatic carbocycles. The summed E-state index contributed by atoms with van der Waals surface area (Å²) >= 11 is 0. The maximum atomic E-state index is 11.9. The SMILES string of the molecule is NCCCCCCNC(=O)Nc1cccc2ccccc12. The van der Waals surface area contributed by atoms with E-state index in [0.29, 0.717) is 6.54 Å². The first-order valence-electron chi connectivity index (χ1n) is 7.54. The Bertz CT molecular complexity index is 578. The molecule has 4 nitrogen and oxygen atoms in total. The van der Waals surface area contributed by atoms with Gasteiger partial charge in [0.2, 0.25) is 0 Å². The minimum absolute atomic E-state index is 0.148. The van der Waals surface area contributed by atoms with Crippen LogP contribution in [0.4, 0.5) is 10.5 Å². The fourth-order valence-corrected chi connectivity index (χ4v) is 2.33. The van der Waals surface area contributed by atoms with Crippen LogP contribution in [0.15, 0.2) is 42.5 Å². The fraction of sp³-hybridized carbons (Fsp3) is 0.353. The van der Waals surface area contributed by atoms with Crippen molar-refractivity contribution in [2.24, 2.45) is 5.73 Å². The molecule has 0 bridgehead atoms. The van der Waals surface area contributed by atoms with Crippen LogP contribution >= 0.6 is 0 Å². The molecule has 4 N–H and O–H groups in total. The van der Waals surface area contributed by atoms with Crippen molar-refractivity contribution in [2.75, 3.05) is 18.4 Å². The number of unbranched alkanes of at least 4 members (excludes halogenated alkanes) is 3. The average Bonchev–Trinajstić information content (AvgIpc) is 2.51. The quantitative estimate of drug-likeness (QED) is 0.682. The van der Waals surface area contributed by atoms with E-state index >= 15 is 0 Å². The zero-order chi connectivity index (χ0) is 14.9. The lowest BCUT2D eigenvalue weighted by molar-refractivity contribution is 0.252. The number of benzene rings is 2. The maximum Gasteiger partial charge on any atom is 0.319 e.